The maximum absolute atomic E-state index is 14.7. The molecule has 2 fully saturated rings. The van der Waals surface area contributed by atoms with Gasteiger partial charge in [0.15, 0.2) is 0 Å². The molecule has 0 bridgehead atoms. The second-order valence-corrected chi connectivity index (χ2v) is 9.05. The van der Waals surface area contributed by atoms with E-state index in [1.807, 2.05) is 13.0 Å². The third-order valence-corrected chi connectivity index (χ3v) is 6.52. The number of carbonyl (C=O) groups excluding carboxylic acids is 3. The number of hydrogen-bond acceptors (Lipinski definition) is 4. The van der Waals surface area contributed by atoms with Crippen LogP contribution in [0.4, 0.5) is 10.1 Å². The molecule has 3 aromatic carbocycles. The third kappa shape index (κ3) is 3.55. The van der Waals surface area contributed by atoms with E-state index in [9.17, 15) is 18.8 Å². The molecule has 5 rings (SSSR count). The maximum atomic E-state index is 14.7. The fraction of sp³-hybridized carbons (Fsp3) is 0.160. The number of halogens is 2. The molecule has 0 aliphatic carbocycles. The van der Waals surface area contributed by atoms with Crippen LogP contribution in [0.2, 0.25) is 0 Å². The molecule has 0 aromatic heterocycles. The van der Waals surface area contributed by atoms with Gasteiger partial charge in [0.2, 0.25) is 5.91 Å². The van der Waals surface area contributed by atoms with Crippen molar-refractivity contribution >= 4 is 39.3 Å². The molecule has 0 spiro atoms. The molecule has 2 aliphatic heterocycles. The number of nitrogens with zero attached hydrogens (tertiary/aromatic N) is 2. The van der Waals surface area contributed by atoms with E-state index in [1.165, 1.54) is 11.1 Å². The molecule has 2 heterocycles. The fourth-order valence-electron chi connectivity index (χ4n) is 4.54. The van der Waals surface area contributed by atoms with Crippen molar-refractivity contribution in [3.63, 3.8) is 0 Å². The van der Waals surface area contributed by atoms with Crippen molar-refractivity contribution < 1.29 is 18.8 Å². The summed E-state index contributed by atoms with van der Waals surface area (Å²) in [6.45, 7) is 1.86. The van der Waals surface area contributed by atoms with Gasteiger partial charge in [-0.25, -0.2) is 14.7 Å². The summed E-state index contributed by atoms with van der Waals surface area (Å²) < 4.78 is 15.4. The molecule has 6 nitrogen and oxygen atoms in total. The molecular formula is C25H19BrFN3O3. The van der Waals surface area contributed by atoms with Gasteiger partial charge in [-0.1, -0.05) is 52.3 Å². The van der Waals surface area contributed by atoms with Crippen LogP contribution in [0.5, 0.6) is 0 Å². The minimum absolute atomic E-state index is 0.226. The number of aryl methyl sites for hydroxylation is 1. The predicted molar refractivity (Wildman–Crippen MR) is 124 cm³/mol. The van der Waals surface area contributed by atoms with Gasteiger partial charge in [-0.2, -0.15) is 0 Å². The Balaban J connectivity index is 1.61. The molecule has 33 heavy (non-hydrogen) atoms. The Labute approximate surface area is 198 Å². The van der Waals surface area contributed by atoms with Gasteiger partial charge in [-0.05, 0) is 48.9 Å². The summed E-state index contributed by atoms with van der Waals surface area (Å²) in [7, 11) is 0. The van der Waals surface area contributed by atoms with Gasteiger partial charge >= 0.3 is 0 Å². The monoisotopic (exact) mass is 507 g/mol. The molecule has 2 saturated heterocycles. The number of benzene rings is 3. The third-order valence-electron chi connectivity index (χ3n) is 6.03. The SMILES string of the molecule is Cc1cccc(N2C(=O)[C@H]3[C@@H](C2=O)N(C(=O)c2cccc(Br)c2)N[C@H]3c2ccccc2F)c1. The largest absolute Gasteiger partial charge is 0.274 e. The number of rotatable bonds is 3. The van der Waals surface area contributed by atoms with Gasteiger partial charge in [0, 0.05) is 15.6 Å². The summed E-state index contributed by atoms with van der Waals surface area (Å²) in [5.41, 5.74) is 4.85. The van der Waals surface area contributed by atoms with Gasteiger partial charge < -0.3 is 0 Å². The standard InChI is InChI=1S/C25H19BrFN3O3/c1-14-6-4-9-17(12-14)29-24(32)20-21(18-10-2-3-11-19(18)27)28-30(22(20)25(29)33)23(31)15-7-5-8-16(26)13-15/h2-13,20-22,28H,1H3/t20-,21+,22+/m1/s1. The van der Waals surface area contributed by atoms with E-state index in [0.717, 1.165) is 10.5 Å². The van der Waals surface area contributed by atoms with Gasteiger partial charge in [0.1, 0.15) is 11.9 Å². The highest BCUT2D eigenvalue weighted by Crippen LogP contribution is 2.43. The van der Waals surface area contributed by atoms with Gasteiger partial charge in [0.05, 0.1) is 17.6 Å². The quantitative estimate of drug-likeness (QED) is 0.540. The van der Waals surface area contributed by atoms with Crippen LogP contribution in [0, 0.1) is 18.7 Å². The lowest BCUT2D eigenvalue weighted by Gasteiger charge is -2.25. The van der Waals surface area contributed by atoms with Crippen molar-refractivity contribution in [2.75, 3.05) is 4.90 Å². The van der Waals surface area contributed by atoms with Crippen molar-refractivity contribution in [1.82, 2.24) is 10.4 Å². The van der Waals surface area contributed by atoms with E-state index in [-0.39, 0.29) is 5.56 Å². The lowest BCUT2D eigenvalue weighted by atomic mass is 9.90. The van der Waals surface area contributed by atoms with Crippen molar-refractivity contribution in [2.45, 2.75) is 19.0 Å². The summed E-state index contributed by atoms with van der Waals surface area (Å²) in [6.07, 6.45) is 0. The van der Waals surface area contributed by atoms with Crippen LogP contribution < -0.4 is 10.3 Å². The van der Waals surface area contributed by atoms with E-state index in [0.29, 0.717) is 15.7 Å². The van der Waals surface area contributed by atoms with E-state index >= 15 is 0 Å². The molecule has 2 aliphatic rings. The summed E-state index contributed by atoms with van der Waals surface area (Å²) >= 11 is 3.35. The van der Waals surface area contributed by atoms with E-state index in [2.05, 4.69) is 21.4 Å². The Hall–Kier alpha value is -3.36. The first-order chi connectivity index (χ1) is 15.9. The minimum Gasteiger partial charge on any atom is -0.274 e. The molecule has 166 valence electrons. The van der Waals surface area contributed by atoms with Crippen LogP contribution in [-0.4, -0.2) is 28.8 Å². The molecule has 8 heteroatoms. The second-order valence-electron chi connectivity index (χ2n) is 8.14. The van der Waals surface area contributed by atoms with E-state index in [1.54, 1.807) is 60.7 Å². The Kier molecular flexibility index (Phi) is 5.34. The van der Waals surface area contributed by atoms with Crippen LogP contribution >= 0.6 is 15.9 Å². The number of anilines is 1. The molecule has 1 N–H and O–H groups in total. The van der Waals surface area contributed by atoms with Gasteiger partial charge in [0.25, 0.3) is 11.8 Å². The lowest BCUT2D eigenvalue weighted by molar-refractivity contribution is -0.123. The Morgan fingerprint density at radius 1 is 0.970 bits per heavy atom. The van der Waals surface area contributed by atoms with Crippen molar-refractivity contribution in [2.24, 2.45) is 5.92 Å². The average molecular weight is 508 g/mol. The first-order valence-electron chi connectivity index (χ1n) is 10.4. The molecule has 0 radical (unpaired) electrons. The number of fused-ring (bicyclic) bond motifs is 1. The van der Waals surface area contributed by atoms with E-state index < -0.39 is 41.5 Å². The van der Waals surface area contributed by atoms with Crippen molar-refractivity contribution in [3.05, 3.63) is 99.8 Å². The molecule has 3 atom stereocenters. The van der Waals surface area contributed by atoms with Crippen molar-refractivity contribution in [3.8, 4) is 0 Å². The zero-order valence-corrected chi connectivity index (χ0v) is 19.1. The number of hydrazine groups is 1. The Morgan fingerprint density at radius 2 is 1.73 bits per heavy atom. The topological polar surface area (TPSA) is 69.7 Å². The number of amides is 3. The molecule has 0 unspecified atom stereocenters. The fourth-order valence-corrected chi connectivity index (χ4v) is 4.94. The van der Waals surface area contributed by atoms with Gasteiger partial charge in [-0.3, -0.25) is 19.4 Å². The summed E-state index contributed by atoms with van der Waals surface area (Å²) in [5.74, 6) is -2.95. The maximum Gasteiger partial charge on any atom is 0.268 e. The Bertz CT molecular complexity index is 1300. The van der Waals surface area contributed by atoms with Crippen LogP contribution in [-0.2, 0) is 9.59 Å². The van der Waals surface area contributed by atoms with E-state index in [4.69, 9.17) is 0 Å². The van der Waals surface area contributed by atoms with Gasteiger partial charge in [-0.15, -0.1) is 0 Å². The van der Waals surface area contributed by atoms with Crippen LogP contribution in [0.15, 0.2) is 77.3 Å². The summed E-state index contributed by atoms with van der Waals surface area (Å²) in [5, 5.41) is 1.18. The van der Waals surface area contributed by atoms with Crippen LogP contribution in [0.25, 0.3) is 0 Å². The van der Waals surface area contributed by atoms with Crippen molar-refractivity contribution in [1.29, 1.82) is 0 Å². The summed E-state index contributed by atoms with van der Waals surface area (Å²) in [6, 6.07) is 17.9. The highest BCUT2D eigenvalue weighted by molar-refractivity contribution is 9.10. The number of carbonyl (C=O) groups is 3. The molecule has 0 saturated carbocycles. The predicted octanol–water partition coefficient (Wildman–Crippen LogP) is 4.16. The molecule has 3 aromatic rings. The minimum atomic E-state index is -1.10. The zero-order valence-electron chi connectivity index (χ0n) is 17.5. The highest BCUT2D eigenvalue weighted by atomic mass is 79.9. The lowest BCUT2D eigenvalue weighted by Crippen LogP contribution is -2.48. The van der Waals surface area contributed by atoms with Crippen LogP contribution in [0.1, 0.15) is 27.5 Å². The number of hydrogen-bond donors (Lipinski definition) is 1. The first-order valence-corrected chi connectivity index (χ1v) is 11.2. The van der Waals surface area contributed by atoms with Crippen LogP contribution in [0.3, 0.4) is 0 Å². The number of imide groups is 1. The zero-order chi connectivity index (χ0) is 23.3. The highest BCUT2D eigenvalue weighted by Gasteiger charge is 2.60. The smallest absolute Gasteiger partial charge is 0.268 e. The second kappa shape index (κ2) is 8.20. The number of nitrogens with one attached hydrogen (secondary N) is 1. The average Bonchev–Trinajstić information content (AvgIpc) is 3.30. The molecular weight excluding hydrogens is 489 g/mol. The first kappa shape index (κ1) is 21.5. The summed E-state index contributed by atoms with van der Waals surface area (Å²) in [4.78, 5) is 41.6. The Morgan fingerprint density at radius 3 is 2.45 bits per heavy atom. The molecule has 3 amide bonds. The normalized spacial score (nSPS) is 22.1.